The number of hydrazone groups is 1. The van der Waals surface area contributed by atoms with Crippen LogP contribution in [-0.4, -0.2) is 111 Å². The van der Waals surface area contributed by atoms with Gasteiger partial charge in [-0.15, -0.1) is 0 Å². The van der Waals surface area contributed by atoms with E-state index in [0.29, 0.717) is 33.7 Å². The number of nitrogens with zero attached hydrogens (tertiary/aromatic N) is 7. The average Bonchev–Trinajstić information content (AvgIpc) is 3.36. The van der Waals surface area contributed by atoms with Crippen molar-refractivity contribution in [2.75, 3.05) is 89.0 Å². The van der Waals surface area contributed by atoms with Gasteiger partial charge in [-0.05, 0) is 66.2 Å². The number of fused-ring (bicyclic) bond motifs is 1. The monoisotopic (exact) mass is 761 g/mol. The molecule has 5 heterocycles. The van der Waals surface area contributed by atoms with Gasteiger partial charge in [0.05, 0.1) is 41.3 Å². The number of nitrogens with one attached hydrogen (secondary N) is 2. The maximum Gasteiger partial charge on any atom is 0.229 e. The zero-order valence-electron chi connectivity index (χ0n) is 29.1. The summed E-state index contributed by atoms with van der Waals surface area (Å²) in [4.78, 5) is 19.2. The van der Waals surface area contributed by atoms with E-state index in [9.17, 15) is 4.57 Å². The second-order valence-corrected chi connectivity index (χ2v) is 17.6. The van der Waals surface area contributed by atoms with Crippen molar-refractivity contribution >= 4 is 74.3 Å². The van der Waals surface area contributed by atoms with Gasteiger partial charge in [-0.3, -0.25) is 14.9 Å². The lowest BCUT2D eigenvalue weighted by Gasteiger charge is -2.40. The van der Waals surface area contributed by atoms with Crippen LogP contribution in [0, 0.1) is 0 Å². The molecule has 0 bridgehead atoms. The predicted octanol–water partition coefficient (Wildman–Crippen LogP) is 6.24. The molecule has 2 N–H and O–H groups in total. The van der Waals surface area contributed by atoms with Crippen LogP contribution in [-0.2, 0) is 9.30 Å². The molecule has 1 atom stereocenters. The molecule has 14 heteroatoms. The van der Waals surface area contributed by atoms with E-state index >= 15 is 0 Å². The minimum absolute atomic E-state index is 0.127. The van der Waals surface area contributed by atoms with E-state index < -0.39 is 7.14 Å². The normalized spacial score (nSPS) is 19.2. The maximum atomic E-state index is 13.5. The van der Waals surface area contributed by atoms with Gasteiger partial charge in [-0.2, -0.15) is 10.1 Å². The van der Waals surface area contributed by atoms with Gasteiger partial charge in [-0.25, -0.2) is 4.98 Å². The first kappa shape index (κ1) is 34.7. The number of benzene rings is 2. The molecule has 12 nitrogen and oxygen atoms in total. The van der Waals surface area contributed by atoms with Crippen molar-refractivity contribution in [3.8, 4) is 5.75 Å². The molecule has 2 saturated heterocycles. The molecule has 0 aliphatic carbocycles. The molecule has 2 aromatic carbocycles. The highest BCUT2D eigenvalue weighted by molar-refractivity contribution is 9.10. The van der Waals surface area contributed by atoms with Crippen LogP contribution in [0.4, 0.5) is 28.8 Å². The highest BCUT2D eigenvalue weighted by atomic mass is 79.9. The smallest absolute Gasteiger partial charge is 0.229 e. The molecule has 50 heavy (non-hydrogen) atoms. The fraction of sp³-hybridized carbons (Fsp3) is 0.444. The minimum atomic E-state index is -2.70. The summed E-state index contributed by atoms with van der Waals surface area (Å²) in [5.41, 5.74) is 4.57. The van der Waals surface area contributed by atoms with E-state index in [1.807, 2.05) is 42.5 Å². The summed E-state index contributed by atoms with van der Waals surface area (Å²) in [5, 5.41) is 15.0. The molecule has 0 radical (unpaired) electrons. The van der Waals surface area contributed by atoms with Gasteiger partial charge < -0.3 is 29.6 Å². The van der Waals surface area contributed by atoms with Crippen LogP contribution in [0.2, 0.25) is 0 Å². The zero-order valence-corrected chi connectivity index (χ0v) is 31.6. The number of aromatic nitrogens is 3. The Morgan fingerprint density at radius 3 is 2.58 bits per heavy atom. The maximum absolute atomic E-state index is 13.5. The van der Waals surface area contributed by atoms with Crippen LogP contribution in [0.3, 0.4) is 0 Å². The minimum Gasteiger partial charge on any atom is -0.494 e. The summed E-state index contributed by atoms with van der Waals surface area (Å²) in [6.07, 6.45) is 8.78. The van der Waals surface area contributed by atoms with E-state index in [1.165, 1.54) is 11.3 Å². The van der Waals surface area contributed by atoms with Crippen molar-refractivity contribution in [1.82, 2.24) is 24.9 Å². The van der Waals surface area contributed by atoms with E-state index in [1.54, 1.807) is 32.8 Å². The lowest BCUT2D eigenvalue weighted by molar-refractivity contribution is 0.125. The van der Waals surface area contributed by atoms with Crippen molar-refractivity contribution in [2.24, 2.45) is 5.10 Å². The Hall–Kier alpha value is -3.77. The van der Waals surface area contributed by atoms with Gasteiger partial charge >= 0.3 is 0 Å². The Morgan fingerprint density at radius 1 is 1.00 bits per heavy atom. The van der Waals surface area contributed by atoms with Gasteiger partial charge in [0, 0.05) is 93.2 Å². The van der Waals surface area contributed by atoms with E-state index in [4.69, 9.17) is 14.5 Å². The summed E-state index contributed by atoms with van der Waals surface area (Å²) in [6, 6.07) is 12.6. The number of pyridine rings is 1. The molecule has 7 rings (SSSR count). The molecule has 2 fully saturated rings. The highest BCUT2D eigenvalue weighted by Gasteiger charge is 2.30. The fourth-order valence-corrected chi connectivity index (χ4v) is 9.09. The molecule has 3 aliphatic rings. The molecule has 264 valence electrons. The number of piperidine rings is 1. The standard InChI is InChI=1S/C36H45BrN9O3P/c1-44-23-24(20-40-44)27-18-30(33(48-2)19-32(27)46-13-10-25(11-14-46)45-12-7-16-49-17-15-45)42-36-39-21-28(37)35(43-36)41-31-22-38-29-9-6-5-8-26(29)34(31)50(3,4)47/h5-6,8-9,18-22,24-25H,7,10-17,23H2,1-4H3,(H2,39,41,42,43). The number of rotatable bonds is 9. The quantitative estimate of drug-likeness (QED) is 0.189. The Morgan fingerprint density at radius 2 is 1.82 bits per heavy atom. The first-order valence-corrected chi connectivity index (χ1v) is 20.6. The van der Waals surface area contributed by atoms with Crippen molar-refractivity contribution in [1.29, 1.82) is 0 Å². The molecule has 0 spiro atoms. The summed E-state index contributed by atoms with van der Waals surface area (Å²) in [5.74, 6) is 1.74. The van der Waals surface area contributed by atoms with Crippen molar-refractivity contribution in [2.45, 2.75) is 31.2 Å². The van der Waals surface area contributed by atoms with Crippen molar-refractivity contribution in [3.05, 3.63) is 58.8 Å². The van der Waals surface area contributed by atoms with E-state index in [-0.39, 0.29) is 5.92 Å². The van der Waals surface area contributed by atoms with Gasteiger partial charge in [0.2, 0.25) is 5.95 Å². The van der Waals surface area contributed by atoms with Gasteiger partial charge in [0.25, 0.3) is 0 Å². The number of hydrogen-bond donors (Lipinski definition) is 2. The van der Waals surface area contributed by atoms with Crippen molar-refractivity contribution in [3.63, 3.8) is 0 Å². The summed E-state index contributed by atoms with van der Waals surface area (Å²) in [7, 11) is 1.00. The Bertz CT molecular complexity index is 1920. The lowest BCUT2D eigenvalue weighted by Crippen LogP contribution is -2.46. The molecule has 1 unspecified atom stereocenters. The number of ether oxygens (including phenoxy) is 2. The molecule has 4 aromatic rings. The fourth-order valence-electron chi connectivity index (χ4n) is 7.34. The summed E-state index contributed by atoms with van der Waals surface area (Å²) < 4.78 is 25.9. The highest BCUT2D eigenvalue weighted by Crippen LogP contribution is 2.43. The predicted molar refractivity (Wildman–Crippen MR) is 206 cm³/mol. The number of anilines is 5. The van der Waals surface area contributed by atoms with E-state index in [0.717, 1.165) is 87.1 Å². The Kier molecular flexibility index (Phi) is 10.3. The van der Waals surface area contributed by atoms with E-state index in [2.05, 4.69) is 63.6 Å². The third kappa shape index (κ3) is 7.46. The Labute approximate surface area is 302 Å². The second-order valence-electron chi connectivity index (χ2n) is 13.6. The number of methoxy groups -OCH3 is 1. The number of halogens is 1. The van der Waals surface area contributed by atoms with Crippen LogP contribution in [0.5, 0.6) is 5.75 Å². The third-order valence-corrected chi connectivity index (χ3v) is 11.9. The topological polar surface area (TPSA) is 120 Å². The average molecular weight is 763 g/mol. The summed E-state index contributed by atoms with van der Waals surface area (Å²) >= 11 is 3.61. The third-order valence-electron chi connectivity index (χ3n) is 9.76. The molecule has 0 saturated carbocycles. The second kappa shape index (κ2) is 14.8. The van der Waals surface area contributed by atoms with Gasteiger partial charge in [0.1, 0.15) is 18.7 Å². The number of hydrogen-bond acceptors (Lipinski definition) is 12. The van der Waals surface area contributed by atoms with Crippen LogP contribution >= 0.6 is 23.1 Å². The first-order chi connectivity index (χ1) is 24.2. The molecule has 2 aromatic heterocycles. The van der Waals surface area contributed by atoms with Crippen LogP contribution in [0.15, 0.2) is 58.4 Å². The number of likely N-dealkylation sites (N-methyl/N-ethyl adjacent to an activating group) is 1. The molecule has 3 aliphatic heterocycles. The van der Waals surface area contributed by atoms with Crippen LogP contribution in [0.1, 0.15) is 30.7 Å². The Balaban J connectivity index is 1.17. The number of para-hydroxylation sites is 1. The van der Waals surface area contributed by atoms with Crippen LogP contribution < -0.4 is 25.6 Å². The molecular weight excluding hydrogens is 717 g/mol. The molecule has 0 amide bonds. The van der Waals surface area contributed by atoms with Gasteiger partial charge in [-0.1, -0.05) is 18.2 Å². The first-order valence-electron chi connectivity index (χ1n) is 17.2. The SMILES string of the molecule is COc1cc(N2CCC(N3CCCOCC3)CC2)c(C2C=NN(C)C2)cc1Nc1ncc(Br)c(Nc2cnc3ccccc3c2P(C)(C)=O)n1. The van der Waals surface area contributed by atoms with Crippen LogP contribution in [0.25, 0.3) is 10.9 Å². The largest absolute Gasteiger partial charge is 0.494 e. The zero-order chi connectivity index (χ0) is 34.8. The van der Waals surface area contributed by atoms with Crippen molar-refractivity contribution < 1.29 is 14.0 Å². The summed E-state index contributed by atoms with van der Waals surface area (Å²) in [6.45, 7) is 10.1. The van der Waals surface area contributed by atoms with Gasteiger partial charge in [0.15, 0.2) is 0 Å². The lowest BCUT2D eigenvalue weighted by atomic mass is 9.94. The molecular formula is C36H45BrN9O3P.